The van der Waals surface area contributed by atoms with E-state index in [0.717, 1.165) is 44.3 Å². The highest BCUT2D eigenvalue weighted by Crippen LogP contribution is 2.23. The van der Waals surface area contributed by atoms with Gasteiger partial charge in [-0.15, -0.1) is 0 Å². The lowest BCUT2D eigenvalue weighted by molar-refractivity contribution is 0.0620. The fourth-order valence-electron chi connectivity index (χ4n) is 2.75. The normalized spacial score (nSPS) is 22.6. The molecule has 5 nitrogen and oxygen atoms in total. The molecule has 0 bridgehead atoms. The van der Waals surface area contributed by atoms with E-state index in [0.29, 0.717) is 17.8 Å². The van der Waals surface area contributed by atoms with Gasteiger partial charge in [0.2, 0.25) is 0 Å². The number of hydrogen-bond donors (Lipinski definition) is 1. The molecule has 1 aromatic rings. The van der Waals surface area contributed by atoms with Crippen LogP contribution in [0.25, 0.3) is 0 Å². The van der Waals surface area contributed by atoms with Gasteiger partial charge < -0.3 is 10.6 Å². The Kier molecular flexibility index (Phi) is 5.06. The number of nitrogens with two attached hydrogens (primary N) is 1. The largest absolute Gasteiger partial charge is 0.334 e. The van der Waals surface area contributed by atoms with Crippen LogP contribution in [0, 0.1) is 6.92 Å². The van der Waals surface area contributed by atoms with E-state index < -0.39 is 0 Å². The van der Waals surface area contributed by atoms with Crippen LogP contribution in [-0.4, -0.2) is 39.4 Å². The molecule has 2 N–H and O–H groups in total. The average molecular weight is 276 g/mol. The van der Waals surface area contributed by atoms with Crippen LogP contribution in [0.1, 0.15) is 55.2 Å². The monoisotopic (exact) mass is 276 g/mol. The van der Waals surface area contributed by atoms with Gasteiger partial charge in [-0.2, -0.15) is 0 Å². The van der Waals surface area contributed by atoms with Gasteiger partial charge in [-0.1, -0.05) is 6.92 Å². The molecule has 2 rings (SSSR count). The van der Waals surface area contributed by atoms with Crippen molar-refractivity contribution in [2.45, 2.75) is 58.0 Å². The lowest BCUT2D eigenvalue weighted by Gasteiger charge is -2.35. The molecule has 0 atom stereocenters. The van der Waals surface area contributed by atoms with E-state index in [-0.39, 0.29) is 5.91 Å². The van der Waals surface area contributed by atoms with Gasteiger partial charge in [-0.25, -0.2) is 4.98 Å². The molecule has 1 amide bonds. The molecule has 1 aliphatic rings. The van der Waals surface area contributed by atoms with Gasteiger partial charge in [0.1, 0.15) is 5.69 Å². The second-order valence-electron chi connectivity index (χ2n) is 5.61. The lowest BCUT2D eigenvalue weighted by Crippen LogP contribution is -2.44. The van der Waals surface area contributed by atoms with Gasteiger partial charge >= 0.3 is 0 Å². The zero-order valence-electron chi connectivity index (χ0n) is 12.4. The van der Waals surface area contributed by atoms with Gasteiger partial charge in [0.15, 0.2) is 0 Å². The maximum Gasteiger partial charge on any atom is 0.274 e. The van der Waals surface area contributed by atoms with Gasteiger partial charge in [-0.3, -0.25) is 9.78 Å². The zero-order chi connectivity index (χ0) is 14.5. The average Bonchev–Trinajstić information content (AvgIpc) is 2.46. The van der Waals surface area contributed by atoms with E-state index in [1.54, 1.807) is 12.4 Å². The summed E-state index contributed by atoms with van der Waals surface area (Å²) >= 11 is 0. The molecule has 1 aliphatic carbocycles. The highest BCUT2D eigenvalue weighted by atomic mass is 16.2. The SMILES string of the molecule is CCCN(C(=O)c1cnc(C)cn1)C1CCC(N)CC1. The fourth-order valence-corrected chi connectivity index (χ4v) is 2.75. The summed E-state index contributed by atoms with van der Waals surface area (Å²) in [6.07, 6.45) is 8.16. The maximum absolute atomic E-state index is 12.6. The van der Waals surface area contributed by atoms with Crippen molar-refractivity contribution in [2.75, 3.05) is 6.54 Å². The lowest BCUT2D eigenvalue weighted by atomic mass is 9.90. The Balaban J connectivity index is 2.11. The Morgan fingerprint density at radius 1 is 1.30 bits per heavy atom. The van der Waals surface area contributed by atoms with Crippen molar-refractivity contribution < 1.29 is 4.79 Å². The van der Waals surface area contributed by atoms with Gasteiger partial charge in [-0.05, 0) is 39.0 Å². The van der Waals surface area contributed by atoms with Crippen LogP contribution >= 0.6 is 0 Å². The minimum Gasteiger partial charge on any atom is -0.334 e. The third-order valence-electron chi connectivity index (χ3n) is 3.91. The number of aromatic nitrogens is 2. The van der Waals surface area contributed by atoms with Crippen LogP contribution in [-0.2, 0) is 0 Å². The molecular formula is C15H24N4O. The number of aryl methyl sites for hydroxylation is 1. The third kappa shape index (κ3) is 3.54. The third-order valence-corrected chi connectivity index (χ3v) is 3.91. The Morgan fingerprint density at radius 2 is 2.00 bits per heavy atom. The second-order valence-corrected chi connectivity index (χ2v) is 5.61. The van der Waals surface area contributed by atoms with Crippen molar-refractivity contribution >= 4 is 5.91 Å². The molecule has 0 radical (unpaired) electrons. The molecule has 0 aliphatic heterocycles. The molecule has 0 spiro atoms. The second kappa shape index (κ2) is 6.79. The number of amides is 1. The Hall–Kier alpha value is -1.49. The van der Waals surface area contributed by atoms with E-state index in [4.69, 9.17) is 5.73 Å². The van der Waals surface area contributed by atoms with Crippen molar-refractivity contribution in [1.82, 2.24) is 14.9 Å². The minimum absolute atomic E-state index is 0.000165. The van der Waals surface area contributed by atoms with Crippen molar-refractivity contribution in [1.29, 1.82) is 0 Å². The fraction of sp³-hybridized carbons (Fsp3) is 0.667. The summed E-state index contributed by atoms with van der Waals surface area (Å²) in [5, 5.41) is 0. The molecule has 1 aromatic heterocycles. The molecular weight excluding hydrogens is 252 g/mol. The first-order valence-electron chi connectivity index (χ1n) is 7.47. The van der Waals surface area contributed by atoms with Crippen molar-refractivity contribution in [3.05, 3.63) is 23.8 Å². The first-order valence-corrected chi connectivity index (χ1v) is 7.47. The summed E-state index contributed by atoms with van der Waals surface area (Å²) in [7, 11) is 0. The summed E-state index contributed by atoms with van der Waals surface area (Å²) < 4.78 is 0. The molecule has 5 heteroatoms. The van der Waals surface area contributed by atoms with E-state index in [1.165, 1.54) is 0 Å². The van der Waals surface area contributed by atoms with E-state index in [1.807, 2.05) is 11.8 Å². The predicted molar refractivity (Wildman–Crippen MR) is 78.3 cm³/mol. The summed E-state index contributed by atoms with van der Waals surface area (Å²) in [4.78, 5) is 23.0. The molecule has 1 heterocycles. The van der Waals surface area contributed by atoms with E-state index in [2.05, 4.69) is 16.9 Å². The van der Waals surface area contributed by atoms with E-state index in [9.17, 15) is 4.79 Å². The van der Waals surface area contributed by atoms with Crippen LogP contribution in [0.3, 0.4) is 0 Å². The van der Waals surface area contributed by atoms with Crippen LogP contribution in [0.5, 0.6) is 0 Å². The Morgan fingerprint density at radius 3 is 2.55 bits per heavy atom. The molecule has 20 heavy (non-hydrogen) atoms. The highest BCUT2D eigenvalue weighted by molar-refractivity contribution is 5.92. The number of rotatable bonds is 4. The Bertz CT molecular complexity index is 438. The quantitative estimate of drug-likeness (QED) is 0.911. The van der Waals surface area contributed by atoms with Gasteiger partial charge in [0, 0.05) is 24.8 Å². The van der Waals surface area contributed by atoms with Crippen molar-refractivity contribution in [2.24, 2.45) is 5.73 Å². The van der Waals surface area contributed by atoms with Crippen LogP contribution in [0.4, 0.5) is 0 Å². The Labute approximate surface area is 120 Å². The molecule has 1 fully saturated rings. The first-order chi connectivity index (χ1) is 9.61. The zero-order valence-corrected chi connectivity index (χ0v) is 12.4. The van der Waals surface area contributed by atoms with Gasteiger partial charge in [0.05, 0.1) is 11.9 Å². The van der Waals surface area contributed by atoms with Gasteiger partial charge in [0.25, 0.3) is 5.91 Å². The summed E-state index contributed by atoms with van der Waals surface area (Å²) in [6, 6.07) is 0.592. The predicted octanol–water partition coefficient (Wildman–Crippen LogP) is 1.91. The number of nitrogens with zero attached hydrogens (tertiary/aromatic N) is 3. The molecule has 0 aromatic carbocycles. The van der Waals surface area contributed by atoms with Crippen molar-refractivity contribution in [3.63, 3.8) is 0 Å². The number of hydrogen-bond acceptors (Lipinski definition) is 4. The van der Waals surface area contributed by atoms with E-state index >= 15 is 0 Å². The highest BCUT2D eigenvalue weighted by Gasteiger charge is 2.28. The topological polar surface area (TPSA) is 72.1 Å². The van der Waals surface area contributed by atoms with Crippen molar-refractivity contribution in [3.8, 4) is 0 Å². The summed E-state index contributed by atoms with van der Waals surface area (Å²) in [6.45, 7) is 4.73. The van der Waals surface area contributed by atoms with Crippen LogP contribution < -0.4 is 5.73 Å². The number of carbonyl (C=O) groups is 1. The number of carbonyl (C=O) groups excluding carboxylic acids is 1. The van der Waals surface area contributed by atoms with Crippen LogP contribution in [0.15, 0.2) is 12.4 Å². The standard InChI is InChI=1S/C15H24N4O/c1-3-8-19(13-6-4-12(16)5-7-13)15(20)14-10-17-11(2)9-18-14/h9-10,12-13H,3-8,16H2,1-2H3. The molecule has 0 unspecified atom stereocenters. The summed E-state index contributed by atoms with van der Waals surface area (Å²) in [5.74, 6) is -0.000165. The molecule has 110 valence electrons. The smallest absolute Gasteiger partial charge is 0.274 e. The van der Waals surface area contributed by atoms with Crippen LogP contribution in [0.2, 0.25) is 0 Å². The minimum atomic E-state index is -0.000165. The first kappa shape index (κ1) is 14.9. The summed E-state index contributed by atoms with van der Waals surface area (Å²) in [5.41, 5.74) is 7.22. The molecule has 1 saturated carbocycles. The maximum atomic E-state index is 12.6. The molecule has 0 saturated heterocycles.